The van der Waals surface area contributed by atoms with Gasteiger partial charge in [0, 0.05) is 24.2 Å². The highest BCUT2D eigenvalue weighted by atomic mass is 35.5. The van der Waals surface area contributed by atoms with Crippen molar-refractivity contribution in [1.82, 2.24) is 10.3 Å². The molecule has 32 heavy (non-hydrogen) atoms. The Morgan fingerprint density at radius 3 is 2.38 bits per heavy atom. The van der Waals surface area contributed by atoms with E-state index in [4.69, 9.17) is 16.3 Å². The molecule has 0 fully saturated rings. The minimum atomic E-state index is -1.12. The van der Waals surface area contributed by atoms with Gasteiger partial charge in [0.25, 0.3) is 0 Å². The van der Waals surface area contributed by atoms with Crippen LogP contribution in [0.15, 0.2) is 60.8 Å². The first-order valence-corrected chi connectivity index (χ1v) is 10.9. The molecule has 1 aromatic heterocycles. The molecular formula is C25H25ClN2O4. The maximum absolute atomic E-state index is 12.2. The van der Waals surface area contributed by atoms with E-state index in [-0.39, 0.29) is 25.5 Å². The second kappa shape index (κ2) is 9.69. The quantitative estimate of drug-likeness (QED) is 0.463. The molecule has 1 amide bonds. The predicted molar refractivity (Wildman–Crippen MR) is 123 cm³/mol. The van der Waals surface area contributed by atoms with E-state index in [0.29, 0.717) is 10.7 Å². The average molecular weight is 453 g/mol. The molecule has 7 heteroatoms. The number of aliphatic hydroxyl groups excluding tert-OH is 2. The number of aryl methyl sites for hydroxylation is 1. The van der Waals surface area contributed by atoms with E-state index in [9.17, 15) is 15.0 Å². The summed E-state index contributed by atoms with van der Waals surface area (Å²) >= 11 is 5.84. The number of rotatable bonds is 7. The number of fused-ring (bicyclic) bond motifs is 3. The Balaban J connectivity index is 1.29. The number of hydrogen-bond donors (Lipinski definition) is 3. The van der Waals surface area contributed by atoms with Crippen LogP contribution >= 0.6 is 11.6 Å². The van der Waals surface area contributed by atoms with E-state index in [0.717, 1.165) is 16.7 Å². The summed E-state index contributed by atoms with van der Waals surface area (Å²) in [5.41, 5.74) is 5.87. The number of benzene rings is 2. The zero-order chi connectivity index (χ0) is 22.7. The minimum Gasteiger partial charge on any atom is -0.449 e. The van der Waals surface area contributed by atoms with Crippen molar-refractivity contribution in [3.8, 4) is 11.1 Å². The summed E-state index contributed by atoms with van der Waals surface area (Å²) in [6.45, 7) is 2.17. The van der Waals surface area contributed by atoms with Crippen LogP contribution in [0.25, 0.3) is 11.1 Å². The van der Waals surface area contributed by atoms with Crippen LogP contribution in [0.1, 0.15) is 40.7 Å². The zero-order valence-electron chi connectivity index (χ0n) is 17.7. The van der Waals surface area contributed by atoms with Gasteiger partial charge in [-0.1, -0.05) is 60.1 Å². The molecule has 0 spiro atoms. The molecule has 0 radical (unpaired) electrons. The molecule has 6 nitrogen and oxygen atoms in total. The monoisotopic (exact) mass is 452 g/mol. The predicted octanol–water partition coefficient (Wildman–Crippen LogP) is 4.37. The van der Waals surface area contributed by atoms with Crippen molar-refractivity contribution in [2.75, 3.05) is 13.2 Å². The highest BCUT2D eigenvalue weighted by Gasteiger charge is 2.29. The van der Waals surface area contributed by atoms with Crippen LogP contribution in [0.3, 0.4) is 0 Å². The Morgan fingerprint density at radius 2 is 1.75 bits per heavy atom. The van der Waals surface area contributed by atoms with Crippen molar-refractivity contribution < 1.29 is 19.7 Å². The summed E-state index contributed by atoms with van der Waals surface area (Å²) in [6, 6.07) is 17.9. The number of carbonyl (C=O) groups excluding carboxylic acids is 1. The SMILES string of the molecule is Cc1cc(Cl)ncc1C(O)C(O)CCNC(=O)OCC1c2ccccc2-c2ccccc21. The van der Waals surface area contributed by atoms with E-state index >= 15 is 0 Å². The van der Waals surface area contributed by atoms with Gasteiger partial charge >= 0.3 is 6.09 Å². The lowest BCUT2D eigenvalue weighted by atomic mass is 9.98. The Hall–Kier alpha value is -2.93. The van der Waals surface area contributed by atoms with Crippen molar-refractivity contribution in [3.63, 3.8) is 0 Å². The van der Waals surface area contributed by atoms with Crippen LogP contribution in [0.2, 0.25) is 5.15 Å². The topological polar surface area (TPSA) is 91.7 Å². The molecule has 3 aromatic rings. The molecule has 1 aliphatic rings. The number of aliphatic hydroxyl groups is 2. The number of nitrogens with one attached hydrogen (secondary N) is 1. The first-order valence-electron chi connectivity index (χ1n) is 10.5. The van der Waals surface area contributed by atoms with Gasteiger partial charge in [0.2, 0.25) is 0 Å². The average Bonchev–Trinajstić information content (AvgIpc) is 3.11. The summed E-state index contributed by atoms with van der Waals surface area (Å²) in [6.07, 6.45) is -1.13. The van der Waals surface area contributed by atoms with Crippen molar-refractivity contribution in [2.24, 2.45) is 0 Å². The second-order valence-electron chi connectivity index (χ2n) is 7.92. The maximum Gasteiger partial charge on any atom is 0.407 e. The molecule has 2 aromatic carbocycles. The molecule has 0 bridgehead atoms. The number of aromatic nitrogens is 1. The van der Waals surface area contributed by atoms with Crippen molar-refractivity contribution in [1.29, 1.82) is 0 Å². The third kappa shape index (κ3) is 4.63. The van der Waals surface area contributed by atoms with E-state index in [2.05, 4.69) is 34.6 Å². The number of carbonyl (C=O) groups is 1. The molecule has 2 atom stereocenters. The molecule has 4 rings (SSSR count). The van der Waals surface area contributed by atoms with Crippen LogP contribution < -0.4 is 5.32 Å². The third-order valence-corrected chi connectivity index (χ3v) is 6.06. The standard InChI is InChI=1S/C25H25ClN2O4/c1-15-12-23(26)28-13-20(15)24(30)22(29)10-11-27-25(31)32-14-21-18-8-4-2-6-16(18)17-7-3-5-9-19(17)21/h2-9,12-13,21-22,24,29-30H,10-11,14H2,1H3,(H,27,31). The summed E-state index contributed by atoms with van der Waals surface area (Å²) < 4.78 is 5.48. The Bertz CT molecular complexity index is 1080. The number of hydrogen-bond acceptors (Lipinski definition) is 5. The van der Waals surface area contributed by atoms with Crippen LogP contribution in [-0.4, -0.2) is 40.5 Å². The molecule has 2 unspecified atom stereocenters. The summed E-state index contributed by atoms with van der Waals surface area (Å²) in [5, 5.41) is 23.6. The largest absolute Gasteiger partial charge is 0.449 e. The van der Waals surface area contributed by atoms with Crippen molar-refractivity contribution >= 4 is 17.7 Å². The van der Waals surface area contributed by atoms with E-state index < -0.39 is 18.3 Å². The number of ether oxygens (including phenoxy) is 1. The summed E-state index contributed by atoms with van der Waals surface area (Å²) in [4.78, 5) is 16.2. The van der Waals surface area contributed by atoms with Gasteiger partial charge in [-0.3, -0.25) is 0 Å². The van der Waals surface area contributed by atoms with E-state index in [1.165, 1.54) is 17.3 Å². The van der Waals surface area contributed by atoms with Crippen LogP contribution in [0, 0.1) is 6.92 Å². The maximum atomic E-state index is 12.2. The molecule has 0 saturated carbocycles. The number of pyridine rings is 1. The second-order valence-corrected chi connectivity index (χ2v) is 8.30. The van der Waals surface area contributed by atoms with Crippen LogP contribution in [0.4, 0.5) is 4.79 Å². The molecule has 166 valence electrons. The van der Waals surface area contributed by atoms with E-state index in [1.807, 2.05) is 24.3 Å². The number of nitrogens with zero attached hydrogens (tertiary/aromatic N) is 1. The Morgan fingerprint density at radius 1 is 1.12 bits per heavy atom. The number of alkyl carbamates (subject to hydrolysis) is 1. The molecule has 1 aliphatic carbocycles. The Labute approximate surface area is 191 Å². The molecule has 0 saturated heterocycles. The number of halogens is 1. The lowest BCUT2D eigenvalue weighted by molar-refractivity contribution is 0.0131. The van der Waals surface area contributed by atoms with Gasteiger partial charge in [0.05, 0.1) is 6.10 Å². The normalized spacial score (nSPS) is 14.4. The molecule has 3 N–H and O–H groups in total. The summed E-state index contributed by atoms with van der Waals surface area (Å²) in [5.74, 6) is -0.0130. The highest BCUT2D eigenvalue weighted by Crippen LogP contribution is 2.44. The van der Waals surface area contributed by atoms with Gasteiger partial charge < -0.3 is 20.3 Å². The van der Waals surface area contributed by atoms with Crippen LogP contribution in [-0.2, 0) is 4.74 Å². The fourth-order valence-corrected chi connectivity index (χ4v) is 4.39. The lowest BCUT2D eigenvalue weighted by Crippen LogP contribution is -2.30. The number of amides is 1. The van der Waals surface area contributed by atoms with Gasteiger partial charge in [-0.25, -0.2) is 9.78 Å². The summed E-state index contributed by atoms with van der Waals surface area (Å²) in [7, 11) is 0. The highest BCUT2D eigenvalue weighted by molar-refractivity contribution is 6.29. The third-order valence-electron chi connectivity index (χ3n) is 5.85. The molecule has 0 aliphatic heterocycles. The van der Waals surface area contributed by atoms with Gasteiger partial charge in [0.1, 0.15) is 17.9 Å². The van der Waals surface area contributed by atoms with Crippen molar-refractivity contribution in [2.45, 2.75) is 31.5 Å². The van der Waals surface area contributed by atoms with Gasteiger partial charge in [0.15, 0.2) is 0 Å². The Kier molecular flexibility index (Phi) is 6.74. The van der Waals surface area contributed by atoms with Gasteiger partial charge in [-0.2, -0.15) is 0 Å². The van der Waals surface area contributed by atoms with Crippen molar-refractivity contribution in [3.05, 3.63) is 88.2 Å². The van der Waals surface area contributed by atoms with Gasteiger partial charge in [-0.05, 0) is 47.2 Å². The molecule has 1 heterocycles. The smallest absolute Gasteiger partial charge is 0.407 e. The minimum absolute atomic E-state index is 0.0130. The first kappa shape index (κ1) is 22.3. The van der Waals surface area contributed by atoms with E-state index in [1.54, 1.807) is 13.0 Å². The van der Waals surface area contributed by atoms with Crippen LogP contribution in [0.5, 0.6) is 0 Å². The zero-order valence-corrected chi connectivity index (χ0v) is 18.4. The molecular weight excluding hydrogens is 428 g/mol. The lowest BCUT2D eigenvalue weighted by Gasteiger charge is -2.20. The van der Waals surface area contributed by atoms with Gasteiger partial charge in [-0.15, -0.1) is 0 Å². The first-order chi connectivity index (χ1) is 15.5. The fourth-order valence-electron chi connectivity index (χ4n) is 4.18. The fraction of sp³-hybridized carbons (Fsp3) is 0.280.